The first-order valence-electron chi connectivity index (χ1n) is 10.8. The fourth-order valence-electron chi connectivity index (χ4n) is 4.08. The minimum absolute atomic E-state index is 0.718. The summed E-state index contributed by atoms with van der Waals surface area (Å²) in [5, 5.41) is 0.718. The molecule has 0 bridgehead atoms. The predicted molar refractivity (Wildman–Crippen MR) is 133 cm³/mol. The van der Waals surface area contributed by atoms with Crippen molar-refractivity contribution < 1.29 is 9.47 Å². The van der Waals surface area contributed by atoms with Crippen molar-refractivity contribution in [2.24, 2.45) is 0 Å². The van der Waals surface area contributed by atoms with E-state index in [9.17, 15) is 0 Å². The normalized spacial score (nSPS) is 13.5. The van der Waals surface area contributed by atoms with Gasteiger partial charge >= 0.3 is 0 Å². The Morgan fingerprint density at radius 3 is 2.55 bits per heavy atom. The van der Waals surface area contributed by atoms with Crippen molar-refractivity contribution in [1.82, 2.24) is 14.9 Å². The molecule has 2 aromatic heterocycles. The lowest BCUT2D eigenvalue weighted by atomic mass is 10.1. The molecule has 3 heterocycles. The van der Waals surface area contributed by atoms with Crippen LogP contribution >= 0.6 is 22.9 Å². The van der Waals surface area contributed by atoms with E-state index in [2.05, 4.69) is 28.1 Å². The van der Waals surface area contributed by atoms with E-state index in [-0.39, 0.29) is 0 Å². The highest BCUT2D eigenvalue weighted by Gasteiger charge is 2.20. The van der Waals surface area contributed by atoms with Gasteiger partial charge in [0.2, 0.25) is 0 Å². The van der Waals surface area contributed by atoms with Gasteiger partial charge in [-0.05, 0) is 60.2 Å². The van der Waals surface area contributed by atoms with E-state index in [1.807, 2.05) is 53.9 Å². The number of hydrogen-bond acceptors (Lipinski definition) is 6. The summed E-state index contributed by atoms with van der Waals surface area (Å²) in [7, 11) is 3.32. The molecule has 1 aliphatic rings. The second-order valence-electron chi connectivity index (χ2n) is 7.97. The molecule has 0 unspecified atom stereocenters. The summed E-state index contributed by atoms with van der Waals surface area (Å²) in [4.78, 5) is 14.4. The number of fused-ring (bicyclic) bond motifs is 1. The zero-order chi connectivity index (χ0) is 22.8. The van der Waals surface area contributed by atoms with E-state index >= 15 is 0 Å². The Balaban J connectivity index is 1.28. The van der Waals surface area contributed by atoms with Crippen LogP contribution in [0.1, 0.15) is 16.1 Å². The molecule has 33 heavy (non-hydrogen) atoms. The van der Waals surface area contributed by atoms with Gasteiger partial charge in [0.1, 0.15) is 0 Å². The maximum atomic E-state index is 6.00. The molecular formula is C26H24ClN3O2S. The number of rotatable bonds is 6. The lowest BCUT2D eigenvalue weighted by Crippen LogP contribution is -2.30. The Labute approximate surface area is 202 Å². The number of hydrogen-bond donors (Lipinski definition) is 0. The van der Waals surface area contributed by atoms with Crippen LogP contribution in [0, 0.1) is 0 Å². The van der Waals surface area contributed by atoms with E-state index in [0.29, 0.717) is 0 Å². The monoisotopic (exact) mass is 477 g/mol. The van der Waals surface area contributed by atoms with Crippen molar-refractivity contribution in [3.8, 4) is 33.3 Å². The van der Waals surface area contributed by atoms with Crippen LogP contribution in [0.5, 0.6) is 11.5 Å². The van der Waals surface area contributed by atoms with E-state index < -0.39 is 0 Å². The number of benzene rings is 2. The average molecular weight is 478 g/mol. The SMILES string of the molecule is COc1ccc(-c2ccc(CN3CCc4nc(-c5ccc(Cl)cc5)ncc4C3)s2)cc1OC. The van der Waals surface area contributed by atoms with Gasteiger partial charge in [0.05, 0.1) is 19.9 Å². The second kappa shape index (κ2) is 9.51. The summed E-state index contributed by atoms with van der Waals surface area (Å²) in [6.45, 7) is 2.75. The van der Waals surface area contributed by atoms with Crippen molar-refractivity contribution in [2.75, 3.05) is 20.8 Å². The lowest BCUT2D eigenvalue weighted by molar-refractivity contribution is 0.245. The summed E-state index contributed by atoms with van der Waals surface area (Å²) < 4.78 is 10.8. The van der Waals surface area contributed by atoms with Gasteiger partial charge in [0.15, 0.2) is 17.3 Å². The van der Waals surface area contributed by atoms with Crippen LogP contribution < -0.4 is 9.47 Å². The van der Waals surface area contributed by atoms with Crippen molar-refractivity contribution in [2.45, 2.75) is 19.5 Å². The molecule has 0 saturated heterocycles. The Kier molecular flexibility index (Phi) is 6.31. The van der Waals surface area contributed by atoms with E-state index in [1.54, 1.807) is 14.2 Å². The zero-order valence-corrected chi connectivity index (χ0v) is 20.1. The molecule has 0 saturated carbocycles. The van der Waals surface area contributed by atoms with Crippen LogP contribution in [0.2, 0.25) is 5.02 Å². The van der Waals surface area contributed by atoms with Gasteiger partial charge in [-0.1, -0.05) is 11.6 Å². The Morgan fingerprint density at radius 1 is 0.970 bits per heavy atom. The van der Waals surface area contributed by atoms with Gasteiger partial charge in [-0.25, -0.2) is 9.97 Å². The van der Waals surface area contributed by atoms with E-state index in [1.165, 1.54) is 15.3 Å². The minimum atomic E-state index is 0.718. The fraction of sp³-hybridized carbons (Fsp3) is 0.231. The molecule has 0 fully saturated rings. The van der Waals surface area contributed by atoms with Crippen molar-refractivity contribution in [3.05, 3.63) is 82.0 Å². The maximum absolute atomic E-state index is 6.00. The van der Waals surface area contributed by atoms with Gasteiger partial charge in [0, 0.05) is 58.2 Å². The summed E-state index contributed by atoms with van der Waals surface area (Å²) in [6, 6.07) is 18.1. The van der Waals surface area contributed by atoms with E-state index in [4.69, 9.17) is 26.1 Å². The summed E-state index contributed by atoms with van der Waals surface area (Å²) >= 11 is 7.82. The highest BCUT2D eigenvalue weighted by Crippen LogP contribution is 2.36. The number of ether oxygens (including phenoxy) is 2. The van der Waals surface area contributed by atoms with Crippen molar-refractivity contribution in [1.29, 1.82) is 0 Å². The fourth-order valence-corrected chi connectivity index (χ4v) is 5.25. The zero-order valence-electron chi connectivity index (χ0n) is 18.5. The number of thiophene rings is 1. The maximum Gasteiger partial charge on any atom is 0.161 e. The van der Waals surface area contributed by atoms with Gasteiger partial charge in [-0.15, -0.1) is 11.3 Å². The Bertz CT molecular complexity index is 1270. The van der Waals surface area contributed by atoms with Gasteiger partial charge in [-0.3, -0.25) is 4.90 Å². The third kappa shape index (κ3) is 4.74. The first kappa shape index (κ1) is 21.9. The molecule has 0 N–H and O–H groups in total. The van der Waals surface area contributed by atoms with Crippen LogP contribution in [-0.2, 0) is 19.5 Å². The first-order valence-corrected chi connectivity index (χ1v) is 12.0. The molecule has 5 rings (SSSR count). The Morgan fingerprint density at radius 2 is 1.76 bits per heavy atom. The topological polar surface area (TPSA) is 47.5 Å². The smallest absolute Gasteiger partial charge is 0.161 e. The Hall–Kier alpha value is -2.93. The molecule has 5 nitrogen and oxygen atoms in total. The second-order valence-corrected chi connectivity index (χ2v) is 9.57. The van der Waals surface area contributed by atoms with Crippen LogP contribution in [0.3, 0.4) is 0 Å². The quantitative estimate of drug-likeness (QED) is 0.335. The molecule has 2 aromatic carbocycles. The molecular weight excluding hydrogens is 454 g/mol. The third-order valence-electron chi connectivity index (χ3n) is 5.82. The standard InChI is InChI=1S/C26H24ClN3O2S/c1-31-23-9-5-18(13-24(23)32-2)25-10-8-21(33-25)16-30-12-11-22-19(15-30)14-28-26(29-22)17-3-6-20(27)7-4-17/h3-10,13-14H,11-12,15-16H2,1-2H3. The highest BCUT2D eigenvalue weighted by atomic mass is 35.5. The number of methoxy groups -OCH3 is 2. The molecule has 0 atom stereocenters. The number of halogens is 1. The molecule has 0 radical (unpaired) electrons. The summed E-state index contributed by atoms with van der Waals surface area (Å²) in [5.41, 5.74) is 4.47. The van der Waals surface area contributed by atoms with Crippen LogP contribution in [-0.4, -0.2) is 35.6 Å². The third-order valence-corrected chi connectivity index (χ3v) is 7.20. The van der Waals surface area contributed by atoms with Crippen LogP contribution in [0.25, 0.3) is 21.8 Å². The molecule has 0 spiro atoms. The molecule has 0 amide bonds. The van der Waals surface area contributed by atoms with Crippen LogP contribution in [0.15, 0.2) is 60.8 Å². The lowest BCUT2D eigenvalue weighted by Gasteiger charge is -2.27. The van der Waals surface area contributed by atoms with Gasteiger partial charge in [0.25, 0.3) is 0 Å². The highest BCUT2D eigenvalue weighted by molar-refractivity contribution is 7.15. The van der Waals surface area contributed by atoms with Gasteiger partial charge < -0.3 is 9.47 Å². The number of aromatic nitrogens is 2. The van der Waals surface area contributed by atoms with E-state index in [0.717, 1.165) is 65.2 Å². The predicted octanol–water partition coefficient (Wildman–Crippen LogP) is 6.10. The molecule has 0 aliphatic carbocycles. The molecule has 4 aromatic rings. The first-order chi connectivity index (χ1) is 16.1. The van der Waals surface area contributed by atoms with Gasteiger partial charge in [-0.2, -0.15) is 0 Å². The molecule has 1 aliphatic heterocycles. The molecule has 168 valence electrons. The molecule has 7 heteroatoms. The van der Waals surface area contributed by atoms with Crippen molar-refractivity contribution >= 4 is 22.9 Å². The minimum Gasteiger partial charge on any atom is -0.493 e. The largest absolute Gasteiger partial charge is 0.493 e. The van der Waals surface area contributed by atoms with Crippen molar-refractivity contribution in [3.63, 3.8) is 0 Å². The number of nitrogens with zero attached hydrogens (tertiary/aromatic N) is 3. The summed E-state index contributed by atoms with van der Waals surface area (Å²) in [5.74, 6) is 2.25. The van der Waals surface area contributed by atoms with Crippen LogP contribution in [0.4, 0.5) is 0 Å². The summed E-state index contributed by atoms with van der Waals surface area (Å²) in [6.07, 6.45) is 2.90. The average Bonchev–Trinajstić information content (AvgIpc) is 3.32.